The van der Waals surface area contributed by atoms with Gasteiger partial charge in [0.2, 0.25) is 0 Å². The van der Waals surface area contributed by atoms with Gasteiger partial charge in [0.1, 0.15) is 0 Å². The summed E-state index contributed by atoms with van der Waals surface area (Å²) in [4.78, 5) is 10.3. The zero-order chi connectivity index (χ0) is 10.4. The van der Waals surface area contributed by atoms with E-state index in [9.17, 15) is 4.79 Å². The molecule has 0 aliphatic heterocycles. The van der Waals surface area contributed by atoms with Gasteiger partial charge in [-0.25, -0.2) is 0 Å². The Morgan fingerprint density at radius 2 is 2.07 bits per heavy atom. The number of aliphatic carboxylic acids is 1. The third kappa shape index (κ3) is 3.99. The monoisotopic (exact) mass is 310 g/mol. The molecule has 1 N–H and O–H groups in total. The molecule has 76 valence electrons. The molecule has 0 saturated carbocycles. The summed E-state index contributed by atoms with van der Waals surface area (Å²) in [5.41, 5.74) is 0. The van der Waals surface area contributed by atoms with Gasteiger partial charge in [0.15, 0.2) is 0 Å². The van der Waals surface area contributed by atoms with Crippen molar-refractivity contribution in [2.45, 2.75) is 11.4 Å². The second-order valence-corrected chi connectivity index (χ2v) is 5.58. The number of ether oxygens (including phenoxy) is 1. The average Bonchev–Trinajstić information content (AvgIpc) is 2.17. The van der Waals surface area contributed by atoms with E-state index in [0.29, 0.717) is 11.1 Å². The molecule has 0 fully saturated rings. The number of benzene rings is 1. The van der Waals surface area contributed by atoms with E-state index in [-0.39, 0.29) is 0 Å². The van der Waals surface area contributed by atoms with E-state index >= 15 is 0 Å². The van der Waals surface area contributed by atoms with Gasteiger partial charge < -0.3 is 0 Å². The molecule has 3 nitrogen and oxygen atoms in total. The van der Waals surface area contributed by atoms with Crippen molar-refractivity contribution in [2.75, 3.05) is 6.61 Å². The van der Waals surface area contributed by atoms with Gasteiger partial charge in [0.05, 0.1) is 0 Å². The van der Waals surface area contributed by atoms with Gasteiger partial charge in [-0.1, -0.05) is 0 Å². The van der Waals surface area contributed by atoms with Crippen LogP contribution >= 0.6 is 0 Å². The van der Waals surface area contributed by atoms with Crippen molar-refractivity contribution in [3.05, 3.63) is 24.3 Å². The van der Waals surface area contributed by atoms with Crippen molar-refractivity contribution >= 4 is 30.5 Å². The molecule has 0 spiro atoms. The van der Waals surface area contributed by atoms with E-state index in [2.05, 4.69) is 0 Å². The Balaban J connectivity index is 2.50. The molecule has 0 aromatic heterocycles. The number of hydrogen-bond donors (Lipinski definition) is 1. The first kappa shape index (κ1) is 11.4. The van der Waals surface area contributed by atoms with Gasteiger partial charge in [0, 0.05) is 0 Å². The van der Waals surface area contributed by atoms with E-state index in [1.165, 1.54) is 0 Å². The second-order valence-electron chi connectivity index (χ2n) is 2.59. The van der Waals surface area contributed by atoms with E-state index in [1.54, 1.807) is 0 Å². The van der Waals surface area contributed by atoms with Crippen LogP contribution in [0.25, 0.3) is 0 Å². The van der Waals surface area contributed by atoms with Crippen molar-refractivity contribution < 1.29 is 14.6 Å². The predicted octanol–water partition coefficient (Wildman–Crippen LogP) is 0.918. The van der Waals surface area contributed by atoms with E-state index < -0.39 is 26.9 Å². The molecule has 0 bridgehead atoms. The first-order valence-corrected chi connectivity index (χ1v) is 7.11. The number of carboxylic acid groups (broad SMARTS) is 1. The molecule has 4 heteroatoms. The molecule has 1 rings (SSSR count). The fraction of sp³-hybridized carbons (Fsp3) is 0.300. The molecule has 0 heterocycles. The van der Waals surface area contributed by atoms with Crippen LogP contribution in [0, 0.1) is 0 Å². The molecule has 14 heavy (non-hydrogen) atoms. The van der Waals surface area contributed by atoms with Gasteiger partial charge in [-0.3, -0.25) is 0 Å². The minimum absolute atomic E-state index is 0.305. The molecule has 0 atom stereocenters. The molecule has 1 aromatic carbocycles. The Kier molecular flexibility index (Phi) is 4.78. The Morgan fingerprint density at radius 1 is 1.43 bits per heavy atom. The second kappa shape index (κ2) is 5.90. The predicted molar refractivity (Wildman–Crippen MR) is 55.4 cm³/mol. The van der Waals surface area contributed by atoms with Crippen LogP contribution < -0.4 is 8.35 Å². The normalized spacial score (nSPS) is 9.79. The summed E-state index contributed by atoms with van der Waals surface area (Å²) < 4.78 is 6.74. The molecular weight excluding hydrogens is 296 g/mol. The summed E-state index contributed by atoms with van der Waals surface area (Å²) in [7, 11) is 0. The minimum atomic E-state index is -0.707. The zero-order valence-corrected chi connectivity index (χ0v) is 10.2. The molecule has 0 amide bonds. The first-order chi connectivity index (χ1) is 6.72. The first-order valence-electron chi connectivity index (χ1n) is 4.30. The van der Waals surface area contributed by atoms with Crippen molar-refractivity contribution in [3.8, 4) is 5.75 Å². The summed E-state index contributed by atoms with van der Waals surface area (Å²) in [5.74, 6) is 0.139. The topological polar surface area (TPSA) is 46.5 Å². The standard InChI is InChI=1S/C10H12O3Te/c1-2-13-8-3-5-9(6-4-8)14-7-10(11)12/h3-6H,2,7H2,1H3,(H,11,12). The van der Waals surface area contributed by atoms with Crippen LogP contribution in [0.1, 0.15) is 6.92 Å². The Morgan fingerprint density at radius 3 is 2.57 bits per heavy atom. The maximum atomic E-state index is 10.3. The van der Waals surface area contributed by atoms with Gasteiger partial charge in [-0.2, -0.15) is 0 Å². The summed E-state index contributed by atoms with van der Waals surface area (Å²) in [6, 6.07) is 7.70. The molecule has 0 aliphatic carbocycles. The van der Waals surface area contributed by atoms with E-state index in [1.807, 2.05) is 31.2 Å². The van der Waals surface area contributed by atoms with Crippen LogP contribution in [0.4, 0.5) is 0 Å². The van der Waals surface area contributed by atoms with Crippen molar-refractivity contribution in [3.63, 3.8) is 0 Å². The summed E-state index contributed by atoms with van der Waals surface area (Å²) in [6.45, 7) is 2.59. The molecule has 1 aromatic rings. The molecule has 0 saturated heterocycles. The van der Waals surface area contributed by atoms with Gasteiger partial charge in [0.25, 0.3) is 0 Å². The Bertz CT molecular complexity index is 295. The van der Waals surface area contributed by atoms with Crippen LogP contribution in [0.3, 0.4) is 0 Å². The molecule has 0 unspecified atom stereocenters. The van der Waals surface area contributed by atoms with Crippen LogP contribution in [-0.2, 0) is 4.79 Å². The van der Waals surface area contributed by atoms with Gasteiger partial charge in [-0.05, 0) is 0 Å². The van der Waals surface area contributed by atoms with Crippen molar-refractivity contribution in [1.29, 1.82) is 0 Å². The molecular formula is C10H12O3Te. The third-order valence-electron chi connectivity index (χ3n) is 1.50. The molecule has 0 radical (unpaired) electrons. The number of hydrogen-bond acceptors (Lipinski definition) is 2. The van der Waals surface area contributed by atoms with Crippen LogP contribution in [0.2, 0.25) is 4.47 Å². The number of carbonyl (C=O) groups is 1. The van der Waals surface area contributed by atoms with E-state index in [4.69, 9.17) is 9.84 Å². The Hall–Kier alpha value is -0.720. The van der Waals surface area contributed by atoms with Gasteiger partial charge >= 0.3 is 93.2 Å². The van der Waals surface area contributed by atoms with Gasteiger partial charge in [-0.15, -0.1) is 0 Å². The van der Waals surface area contributed by atoms with Crippen molar-refractivity contribution in [2.24, 2.45) is 0 Å². The number of rotatable bonds is 5. The zero-order valence-electron chi connectivity index (χ0n) is 7.90. The SMILES string of the molecule is CCOc1ccc([Te]CC(=O)O)cc1. The summed E-state index contributed by atoms with van der Waals surface area (Å²) in [6.07, 6.45) is 0. The Labute approximate surface area is 93.2 Å². The van der Waals surface area contributed by atoms with E-state index in [0.717, 1.165) is 9.36 Å². The molecule has 0 aliphatic rings. The quantitative estimate of drug-likeness (QED) is 0.823. The average molecular weight is 308 g/mol. The summed E-state index contributed by atoms with van der Waals surface area (Å²) >= 11 is -0.566. The van der Waals surface area contributed by atoms with Crippen LogP contribution in [-0.4, -0.2) is 38.6 Å². The van der Waals surface area contributed by atoms with Crippen LogP contribution in [0.15, 0.2) is 24.3 Å². The summed E-state index contributed by atoms with van der Waals surface area (Å²) in [5, 5.41) is 8.52. The maximum absolute atomic E-state index is 10.3. The fourth-order valence-electron chi connectivity index (χ4n) is 0.944. The van der Waals surface area contributed by atoms with Crippen molar-refractivity contribution in [1.82, 2.24) is 0 Å². The fourth-order valence-corrected chi connectivity index (χ4v) is 2.71. The number of carboxylic acids is 1. The third-order valence-corrected chi connectivity index (χ3v) is 4.34. The van der Waals surface area contributed by atoms with Crippen LogP contribution in [0.5, 0.6) is 5.75 Å².